The quantitative estimate of drug-likeness (QED) is 0.733. The van der Waals surface area contributed by atoms with E-state index in [0.717, 1.165) is 12.1 Å². The summed E-state index contributed by atoms with van der Waals surface area (Å²) in [6.07, 6.45) is 0. The number of hydrogen-bond acceptors (Lipinski definition) is 2. The van der Waals surface area contributed by atoms with Gasteiger partial charge >= 0.3 is 0 Å². The molecule has 0 unspecified atom stereocenters. The number of nitrogens with zero attached hydrogens (tertiary/aromatic N) is 1. The number of rotatable bonds is 4. The molecule has 0 amide bonds. The van der Waals surface area contributed by atoms with Crippen LogP contribution in [0.3, 0.4) is 0 Å². The van der Waals surface area contributed by atoms with Gasteiger partial charge < -0.3 is 5.11 Å². The molecule has 0 fully saturated rings. The third kappa shape index (κ3) is 6.65. The van der Waals surface area contributed by atoms with Crippen molar-refractivity contribution < 1.29 is 5.11 Å². The molecular formula is C9H18ClNO. The Morgan fingerprint density at radius 3 is 2.42 bits per heavy atom. The van der Waals surface area contributed by atoms with Crippen molar-refractivity contribution in [3.8, 4) is 0 Å². The molecule has 0 rings (SSSR count). The van der Waals surface area contributed by atoms with Crippen LogP contribution in [0.5, 0.6) is 0 Å². The highest BCUT2D eigenvalue weighted by molar-refractivity contribution is 6.25. The average Bonchev–Trinajstić information content (AvgIpc) is 1.82. The molecule has 0 atom stereocenters. The predicted octanol–water partition coefficient (Wildman–Crippen LogP) is 1.83. The van der Waals surface area contributed by atoms with Gasteiger partial charge in [-0.05, 0) is 33.4 Å². The van der Waals surface area contributed by atoms with Crippen LogP contribution in [-0.4, -0.2) is 35.7 Å². The van der Waals surface area contributed by atoms with E-state index in [4.69, 9.17) is 11.6 Å². The first-order valence-electron chi connectivity index (χ1n) is 4.02. The first-order chi connectivity index (χ1) is 5.35. The molecule has 0 saturated heterocycles. The monoisotopic (exact) mass is 191 g/mol. The topological polar surface area (TPSA) is 23.5 Å². The lowest BCUT2D eigenvalue weighted by Crippen LogP contribution is -2.36. The van der Waals surface area contributed by atoms with Crippen LogP contribution in [0.1, 0.15) is 20.8 Å². The Morgan fingerprint density at radius 2 is 2.08 bits per heavy atom. The molecule has 0 aliphatic heterocycles. The molecule has 0 spiro atoms. The zero-order chi connectivity index (χ0) is 9.78. The smallest absolute Gasteiger partial charge is 0.0718 e. The van der Waals surface area contributed by atoms with Crippen LogP contribution < -0.4 is 0 Å². The van der Waals surface area contributed by atoms with E-state index in [9.17, 15) is 5.11 Å². The van der Waals surface area contributed by atoms with E-state index in [1.54, 1.807) is 19.4 Å². The summed E-state index contributed by atoms with van der Waals surface area (Å²) in [6, 6.07) is 0. The lowest BCUT2D eigenvalue weighted by molar-refractivity contribution is 0.0473. The second-order valence-electron chi connectivity index (χ2n) is 3.94. The fraction of sp³-hybridized carbons (Fsp3) is 0.778. The van der Waals surface area contributed by atoms with Crippen LogP contribution in [0.4, 0.5) is 0 Å². The van der Waals surface area contributed by atoms with E-state index in [1.165, 1.54) is 0 Å². The van der Waals surface area contributed by atoms with Gasteiger partial charge in [0.2, 0.25) is 0 Å². The van der Waals surface area contributed by atoms with Crippen molar-refractivity contribution >= 4 is 11.6 Å². The van der Waals surface area contributed by atoms with E-state index in [2.05, 4.69) is 0 Å². The van der Waals surface area contributed by atoms with Crippen molar-refractivity contribution in [3.05, 3.63) is 11.1 Å². The molecule has 2 nitrogen and oxygen atoms in total. The van der Waals surface area contributed by atoms with Crippen LogP contribution in [-0.2, 0) is 0 Å². The molecule has 0 bridgehead atoms. The molecule has 12 heavy (non-hydrogen) atoms. The maximum absolute atomic E-state index is 9.48. The molecule has 0 aromatic heterocycles. The number of halogens is 1. The highest BCUT2D eigenvalue weighted by Crippen LogP contribution is 2.05. The molecule has 0 saturated carbocycles. The van der Waals surface area contributed by atoms with Crippen molar-refractivity contribution in [2.75, 3.05) is 20.1 Å². The van der Waals surface area contributed by atoms with Gasteiger partial charge in [-0.3, -0.25) is 4.90 Å². The van der Waals surface area contributed by atoms with E-state index in [-0.39, 0.29) is 0 Å². The van der Waals surface area contributed by atoms with Gasteiger partial charge in [-0.1, -0.05) is 11.6 Å². The van der Waals surface area contributed by atoms with Gasteiger partial charge in [0.05, 0.1) is 5.60 Å². The molecule has 1 N–H and O–H groups in total. The molecule has 72 valence electrons. The first-order valence-corrected chi connectivity index (χ1v) is 4.45. The Hall–Kier alpha value is -0.0500. The second kappa shape index (κ2) is 4.85. The molecular weight excluding hydrogens is 174 g/mol. The molecule has 0 aliphatic rings. The standard InChI is InChI=1S/C9H18ClNO/c1-8(5-10)6-11(4)7-9(2,3)12/h5,12H,6-7H2,1-4H3. The van der Waals surface area contributed by atoms with Crippen LogP contribution >= 0.6 is 11.6 Å². The van der Waals surface area contributed by atoms with Crippen LogP contribution in [0.2, 0.25) is 0 Å². The fourth-order valence-electron chi connectivity index (χ4n) is 1.18. The summed E-state index contributed by atoms with van der Waals surface area (Å²) < 4.78 is 0. The van der Waals surface area contributed by atoms with Crippen LogP contribution in [0.25, 0.3) is 0 Å². The lowest BCUT2D eigenvalue weighted by atomic mass is 10.1. The molecule has 0 heterocycles. The van der Waals surface area contributed by atoms with E-state index >= 15 is 0 Å². The van der Waals surface area contributed by atoms with Crippen molar-refractivity contribution in [1.29, 1.82) is 0 Å². The number of aliphatic hydroxyl groups is 1. The maximum atomic E-state index is 9.48. The SMILES string of the molecule is CC(=CCl)CN(C)CC(C)(C)O. The highest BCUT2D eigenvalue weighted by Gasteiger charge is 2.15. The Balaban J connectivity index is 3.82. The zero-order valence-electron chi connectivity index (χ0n) is 8.26. The van der Waals surface area contributed by atoms with Gasteiger partial charge in [0, 0.05) is 18.6 Å². The molecule has 0 aromatic carbocycles. The largest absolute Gasteiger partial charge is 0.389 e. The van der Waals surface area contributed by atoms with Crippen LogP contribution in [0.15, 0.2) is 11.1 Å². The van der Waals surface area contributed by atoms with Crippen molar-refractivity contribution in [1.82, 2.24) is 4.90 Å². The van der Waals surface area contributed by atoms with Crippen LogP contribution in [0, 0.1) is 0 Å². The van der Waals surface area contributed by atoms with Gasteiger partial charge in [-0.25, -0.2) is 0 Å². The summed E-state index contributed by atoms with van der Waals surface area (Å²) in [7, 11) is 1.96. The Kier molecular flexibility index (Phi) is 4.83. The van der Waals surface area contributed by atoms with Crippen molar-refractivity contribution in [2.45, 2.75) is 26.4 Å². The third-order valence-corrected chi connectivity index (χ3v) is 1.73. The summed E-state index contributed by atoms with van der Waals surface area (Å²) in [5, 5.41) is 9.48. The Morgan fingerprint density at radius 1 is 1.58 bits per heavy atom. The Labute approximate surface area is 79.8 Å². The average molecular weight is 192 g/mol. The summed E-state index contributed by atoms with van der Waals surface area (Å²) in [5.41, 5.74) is 2.03. The molecule has 0 radical (unpaired) electrons. The Bertz CT molecular complexity index is 160. The number of likely N-dealkylation sites (N-methyl/N-ethyl adjacent to an activating group) is 1. The summed E-state index contributed by atoms with van der Waals surface area (Å²) in [6.45, 7) is 7.00. The number of hydrogen-bond donors (Lipinski definition) is 1. The lowest BCUT2D eigenvalue weighted by Gasteiger charge is -2.25. The van der Waals surface area contributed by atoms with Gasteiger partial charge in [-0.15, -0.1) is 0 Å². The third-order valence-electron chi connectivity index (χ3n) is 1.36. The van der Waals surface area contributed by atoms with E-state index in [0.29, 0.717) is 6.54 Å². The second-order valence-corrected chi connectivity index (χ2v) is 4.16. The summed E-state index contributed by atoms with van der Waals surface area (Å²) in [4.78, 5) is 2.04. The predicted molar refractivity (Wildman–Crippen MR) is 53.4 cm³/mol. The van der Waals surface area contributed by atoms with Crippen molar-refractivity contribution in [3.63, 3.8) is 0 Å². The summed E-state index contributed by atoms with van der Waals surface area (Å²) in [5.74, 6) is 0. The summed E-state index contributed by atoms with van der Waals surface area (Å²) >= 11 is 5.52. The maximum Gasteiger partial charge on any atom is 0.0718 e. The zero-order valence-corrected chi connectivity index (χ0v) is 9.02. The normalized spacial score (nSPS) is 14.1. The molecule has 0 aliphatic carbocycles. The fourth-order valence-corrected chi connectivity index (χ4v) is 1.25. The molecule has 3 heteroatoms. The van der Waals surface area contributed by atoms with E-state index in [1.807, 2.05) is 18.9 Å². The minimum atomic E-state index is -0.638. The van der Waals surface area contributed by atoms with E-state index < -0.39 is 5.60 Å². The van der Waals surface area contributed by atoms with Gasteiger partial charge in [-0.2, -0.15) is 0 Å². The van der Waals surface area contributed by atoms with Gasteiger partial charge in [0.25, 0.3) is 0 Å². The highest BCUT2D eigenvalue weighted by atomic mass is 35.5. The minimum absolute atomic E-state index is 0.638. The van der Waals surface area contributed by atoms with Gasteiger partial charge in [0.15, 0.2) is 0 Å². The van der Waals surface area contributed by atoms with Crippen molar-refractivity contribution in [2.24, 2.45) is 0 Å². The minimum Gasteiger partial charge on any atom is -0.389 e. The first kappa shape index (κ1) is 11.9. The molecule has 0 aromatic rings. The van der Waals surface area contributed by atoms with Gasteiger partial charge in [0.1, 0.15) is 0 Å².